The molecule has 0 fully saturated rings. The molecule has 0 heterocycles. The van der Waals surface area contributed by atoms with Gasteiger partial charge in [0.25, 0.3) is 0 Å². The molecule has 0 radical (unpaired) electrons. The van der Waals surface area contributed by atoms with Crippen molar-refractivity contribution in [2.75, 3.05) is 12.0 Å². The van der Waals surface area contributed by atoms with Crippen molar-refractivity contribution in [3.05, 3.63) is 12.2 Å². The predicted octanol–water partition coefficient (Wildman–Crippen LogP) is 7.91. The van der Waals surface area contributed by atoms with Crippen LogP contribution in [0.4, 0.5) is 0 Å². The van der Waals surface area contributed by atoms with Gasteiger partial charge >= 0.3 is 5.97 Å². The molecule has 4 nitrogen and oxygen atoms in total. The second-order valence-electron chi connectivity index (χ2n) is 8.99. The Morgan fingerprint density at radius 3 is 1.72 bits per heavy atom. The van der Waals surface area contributed by atoms with E-state index < -0.39 is 12.0 Å². The van der Waals surface area contributed by atoms with Crippen LogP contribution in [0.3, 0.4) is 0 Å². The van der Waals surface area contributed by atoms with E-state index in [1.54, 1.807) is 11.8 Å². The van der Waals surface area contributed by atoms with Crippen molar-refractivity contribution in [1.29, 1.82) is 0 Å². The van der Waals surface area contributed by atoms with E-state index in [1.165, 1.54) is 89.9 Å². The Morgan fingerprint density at radius 2 is 1.25 bits per heavy atom. The van der Waals surface area contributed by atoms with Gasteiger partial charge in [-0.25, -0.2) is 4.79 Å². The molecular weight excluding hydrogens is 418 g/mol. The monoisotopic (exact) mass is 469 g/mol. The summed E-state index contributed by atoms with van der Waals surface area (Å²) in [4.78, 5) is 23.1. The van der Waals surface area contributed by atoms with Crippen LogP contribution in [-0.4, -0.2) is 35.0 Å². The van der Waals surface area contributed by atoms with Crippen molar-refractivity contribution in [1.82, 2.24) is 5.32 Å². The molecule has 0 aliphatic heterocycles. The van der Waals surface area contributed by atoms with E-state index in [4.69, 9.17) is 5.11 Å². The first-order valence-electron chi connectivity index (χ1n) is 13.3. The van der Waals surface area contributed by atoms with Crippen LogP contribution in [-0.2, 0) is 9.59 Å². The highest BCUT2D eigenvalue weighted by molar-refractivity contribution is 7.98. The number of unbranched alkanes of at least 4 members (excludes halogenated alkanes) is 15. The summed E-state index contributed by atoms with van der Waals surface area (Å²) >= 11 is 1.60. The van der Waals surface area contributed by atoms with Crippen molar-refractivity contribution in [2.24, 2.45) is 0 Å². The van der Waals surface area contributed by atoms with Crippen LogP contribution in [0, 0.1) is 0 Å². The molecule has 0 saturated carbocycles. The molecule has 32 heavy (non-hydrogen) atoms. The summed E-state index contributed by atoms with van der Waals surface area (Å²) in [6.07, 6.45) is 29.3. The number of rotatable bonds is 24. The summed E-state index contributed by atoms with van der Waals surface area (Å²) in [5.74, 6) is -0.320. The van der Waals surface area contributed by atoms with Gasteiger partial charge in [-0.3, -0.25) is 4.79 Å². The molecule has 0 aromatic carbocycles. The Balaban J connectivity index is 3.39. The number of allylic oxidation sites excluding steroid dienone is 2. The Labute approximate surface area is 202 Å². The first-order chi connectivity index (χ1) is 15.6. The summed E-state index contributed by atoms with van der Waals surface area (Å²) in [7, 11) is 0. The predicted molar refractivity (Wildman–Crippen MR) is 140 cm³/mol. The number of carbonyl (C=O) groups excluding carboxylic acids is 1. The Bertz CT molecular complexity index is 468. The zero-order chi connectivity index (χ0) is 23.7. The minimum absolute atomic E-state index is 0.128. The van der Waals surface area contributed by atoms with E-state index in [9.17, 15) is 9.59 Å². The van der Waals surface area contributed by atoms with Crippen molar-refractivity contribution in [2.45, 2.75) is 135 Å². The lowest BCUT2D eigenvalue weighted by Crippen LogP contribution is -2.41. The molecule has 1 atom stereocenters. The van der Waals surface area contributed by atoms with Gasteiger partial charge in [0.05, 0.1) is 0 Å². The summed E-state index contributed by atoms with van der Waals surface area (Å²) in [6, 6.07) is -0.746. The highest BCUT2D eigenvalue weighted by Crippen LogP contribution is 2.12. The third-order valence-electron chi connectivity index (χ3n) is 5.91. The number of thioether (sulfide) groups is 1. The van der Waals surface area contributed by atoms with Crippen LogP contribution < -0.4 is 5.32 Å². The number of hydrogen-bond donors (Lipinski definition) is 2. The van der Waals surface area contributed by atoms with Crippen molar-refractivity contribution in [3.63, 3.8) is 0 Å². The number of carboxylic acids is 1. The number of carbonyl (C=O) groups is 2. The van der Waals surface area contributed by atoms with Gasteiger partial charge in [0.1, 0.15) is 6.04 Å². The van der Waals surface area contributed by atoms with Gasteiger partial charge in [0.2, 0.25) is 5.91 Å². The molecule has 0 rings (SSSR count). The molecule has 188 valence electrons. The summed E-state index contributed by atoms with van der Waals surface area (Å²) < 4.78 is 0. The molecule has 0 bridgehead atoms. The molecule has 0 spiro atoms. The molecule has 0 aromatic heterocycles. The average molecular weight is 470 g/mol. The summed E-state index contributed by atoms with van der Waals surface area (Å²) in [5.41, 5.74) is 0. The van der Waals surface area contributed by atoms with Crippen molar-refractivity contribution in [3.8, 4) is 0 Å². The van der Waals surface area contributed by atoms with Crippen molar-refractivity contribution < 1.29 is 14.7 Å². The van der Waals surface area contributed by atoms with Gasteiger partial charge in [-0.15, -0.1) is 0 Å². The maximum absolute atomic E-state index is 11.9. The zero-order valence-electron chi connectivity index (χ0n) is 21.0. The van der Waals surface area contributed by atoms with Crippen LogP contribution in [0.25, 0.3) is 0 Å². The first kappa shape index (κ1) is 31.0. The second kappa shape index (κ2) is 24.7. The lowest BCUT2D eigenvalue weighted by atomic mass is 10.1. The van der Waals surface area contributed by atoms with Gasteiger partial charge in [-0.2, -0.15) is 11.8 Å². The van der Waals surface area contributed by atoms with Gasteiger partial charge in [-0.05, 0) is 50.5 Å². The molecule has 5 heteroatoms. The Morgan fingerprint density at radius 1 is 0.781 bits per heavy atom. The minimum Gasteiger partial charge on any atom is -0.480 e. The van der Waals surface area contributed by atoms with Gasteiger partial charge < -0.3 is 10.4 Å². The molecule has 0 aliphatic rings. The Hall–Kier alpha value is -0.970. The van der Waals surface area contributed by atoms with Crippen LogP contribution in [0.15, 0.2) is 12.2 Å². The van der Waals surface area contributed by atoms with Crippen LogP contribution in [0.2, 0.25) is 0 Å². The van der Waals surface area contributed by atoms with Gasteiger partial charge in [0.15, 0.2) is 0 Å². The van der Waals surface area contributed by atoms with Crippen molar-refractivity contribution >= 4 is 23.6 Å². The zero-order valence-corrected chi connectivity index (χ0v) is 21.9. The topological polar surface area (TPSA) is 66.4 Å². The molecule has 0 aromatic rings. The van der Waals surface area contributed by atoms with E-state index in [1.807, 2.05) is 6.26 Å². The first-order valence-corrected chi connectivity index (χ1v) is 14.7. The molecule has 0 aliphatic carbocycles. The van der Waals surface area contributed by atoms with E-state index in [0.717, 1.165) is 25.0 Å². The highest BCUT2D eigenvalue weighted by atomic mass is 32.2. The van der Waals surface area contributed by atoms with E-state index in [-0.39, 0.29) is 5.91 Å². The molecule has 1 amide bonds. The number of hydrogen-bond acceptors (Lipinski definition) is 3. The fraction of sp³-hybridized carbons (Fsp3) is 0.852. The lowest BCUT2D eigenvalue weighted by molar-refractivity contribution is -0.141. The largest absolute Gasteiger partial charge is 0.480 e. The van der Waals surface area contributed by atoms with E-state index in [2.05, 4.69) is 24.4 Å². The molecule has 2 N–H and O–H groups in total. The quantitative estimate of drug-likeness (QED) is 0.111. The number of aliphatic carboxylic acids is 1. The molecule has 0 saturated heterocycles. The number of amides is 1. The van der Waals surface area contributed by atoms with Crippen LogP contribution in [0.1, 0.15) is 129 Å². The maximum atomic E-state index is 11.9. The van der Waals surface area contributed by atoms with Crippen LogP contribution in [0.5, 0.6) is 0 Å². The Kier molecular flexibility index (Phi) is 23.9. The van der Waals surface area contributed by atoms with E-state index in [0.29, 0.717) is 12.8 Å². The average Bonchev–Trinajstić information content (AvgIpc) is 2.78. The smallest absolute Gasteiger partial charge is 0.326 e. The highest BCUT2D eigenvalue weighted by Gasteiger charge is 2.18. The number of carboxylic acid groups (broad SMARTS) is 1. The third kappa shape index (κ3) is 22.2. The normalized spacial score (nSPS) is 12.3. The fourth-order valence-corrected chi connectivity index (χ4v) is 4.29. The number of nitrogens with one attached hydrogen (secondary N) is 1. The second-order valence-corrected chi connectivity index (χ2v) is 9.97. The van der Waals surface area contributed by atoms with Gasteiger partial charge in [0, 0.05) is 6.42 Å². The van der Waals surface area contributed by atoms with Crippen LogP contribution >= 0.6 is 11.8 Å². The van der Waals surface area contributed by atoms with Gasteiger partial charge in [-0.1, -0.05) is 96.1 Å². The molecular formula is C27H51NO3S. The van der Waals surface area contributed by atoms with E-state index >= 15 is 0 Å². The molecule has 0 unspecified atom stereocenters. The SMILES string of the molecule is CCCCCCCCCC/C=C\CCCCCCCCCC(=O)N[C@@H](CCSC)C(=O)O. The third-order valence-corrected chi connectivity index (χ3v) is 6.55. The fourth-order valence-electron chi connectivity index (χ4n) is 3.82. The summed E-state index contributed by atoms with van der Waals surface area (Å²) in [6.45, 7) is 2.27. The minimum atomic E-state index is -0.935. The maximum Gasteiger partial charge on any atom is 0.326 e. The lowest BCUT2D eigenvalue weighted by Gasteiger charge is -2.13. The summed E-state index contributed by atoms with van der Waals surface area (Å²) in [5, 5.41) is 11.8. The standard InChI is InChI=1S/C27H51NO3S/c1-3-4-5-6-7-8-9-10-11-12-13-14-15-16-17-18-19-20-21-22-26(29)28-25(27(30)31)23-24-32-2/h12-13,25H,3-11,14-24H2,1-2H3,(H,28,29)(H,30,31)/b13-12-/t25-/m0/s1.